The summed E-state index contributed by atoms with van der Waals surface area (Å²) in [5.74, 6) is -4.14. The van der Waals surface area contributed by atoms with E-state index in [9.17, 15) is 54.9 Å². The molecule has 0 spiro atoms. The van der Waals surface area contributed by atoms with Crippen LogP contribution in [0.5, 0.6) is 0 Å². The van der Waals surface area contributed by atoms with Crippen molar-refractivity contribution in [1.82, 2.24) is 0 Å². The van der Waals surface area contributed by atoms with Gasteiger partial charge in [0.1, 0.15) is 24.4 Å². The Morgan fingerprint density at radius 3 is 1.64 bits per heavy atom. The van der Waals surface area contributed by atoms with Crippen LogP contribution in [-0.2, 0) is 33.4 Å². The maximum atomic E-state index is 14.2. The van der Waals surface area contributed by atoms with E-state index < -0.39 is 97.1 Å². The molecule has 0 amide bonds. The molecule has 7 N–H and O–H groups in total. The van der Waals surface area contributed by atoms with Gasteiger partial charge in [-0.25, -0.2) is 0 Å². The van der Waals surface area contributed by atoms with E-state index in [1.807, 2.05) is 27.7 Å². The van der Waals surface area contributed by atoms with E-state index in [2.05, 4.69) is 0 Å². The van der Waals surface area contributed by atoms with Crippen LogP contribution >= 0.6 is 0 Å². The Bertz CT molecular complexity index is 1020. The summed E-state index contributed by atoms with van der Waals surface area (Å²) in [7, 11) is 0. The standard InChI is InChI=1S/C36H64O14/c1-5-9-13-14-18-22-28(42)48-32-34(50-33(45)30(44)25(39)23-37)49-31(29(43)24(38)19-15-10-6-2)35(46,26(40)20-16-11-7-3)36(32,47)27(41)21-17-12-8-4/h25,29-34,37,39,43-47H,5-23H2,1-4H3/t25-,29?,30+,31-,32-,33?,34+,35-,36-/m1/s1. The highest BCUT2D eigenvalue weighted by Gasteiger charge is 2.74. The lowest BCUT2D eigenvalue weighted by molar-refractivity contribution is -0.377. The minimum absolute atomic E-state index is 0.190. The number of rotatable bonds is 28. The number of hydrogen-bond acceptors (Lipinski definition) is 14. The molecular formula is C36H64O14. The summed E-state index contributed by atoms with van der Waals surface area (Å²) in [6, 6.07) is 0. The second-order valence-electron chi connectivity index (χ2n) is 13.4. The molecule has 1 aliphatic rings. The van der Waals surface area contributed by atoms with E-state index in [-0.39, 0.29) is 25.7 Å². The van der Waals surface area contributed by atoms with Gasteiger partial charge in [0, 0.05) is 25.7 Å². The molecule has 0 aromatic rings. The molecule has 0 aliphatic carbocycles. The van der Waals surface area contributed by atoms with Crippen molar-refractivity contribution in [2.45, 2.75) is 198 Å². The number of Topliss-reactive ketones (excluding diaryl/α,β-unsaturated/α-hetero) is 3. The van der Waals surface area contributed by atoms with Crippen LogP contribution in [0.2, 0.25) is 0 Å². The molecule has 0 radical (unpaired) electrons. The lowest BCUT2D eigenvalue weighted by atomic mass is 9.64. The fourth-order valence-corrected chi connectivity index (χ4v) is 6.14. The van der Waals surface area contributed by atoms with E-state index in [1.54, 1.807) is 0 Å². The number of ether oxygens (including phenoxy) is 3. The molecule has 1 heterocycles. The van der Waals surface area contributed by atoms with Gasteiger partial charge in [0.2, 0.25) is 11.9 Å². The van der Waals surface area contributed by atoms with Gasteiger partial charge in [-0.05, 0) is 25.7 Å². The number of carbonyl (C=O) groups is 4. The van der Waals surface area contributed by atoms with Crippen LogP contribution < -0.4 is 0 Å². The molecule has 0 aromatic carbocycles. The molecule has 292 valence electrons. The number of hydrogen-bond donors (Lipinski definition) is 7. The molecule has 2 unspecified atom stereocenters. The highest BCUT2D eigenvalue weighted by atomic mass is 16.8. The van der Waals surface area contributed by atoms with Crippen LogP contribution in [-0.4, -0.2) is 120 Å². The lowest BCUT2D eigenvalue weighted by Crippen LogP contribution is -2.82. The van der Waals surface area contributed by atoms with Crippen LogP contribution in [0, 0.1) is 0 Å². The normalized spacial score (nSPS) is 26.2. The smallest absolute Gasteiger partial charge is 0.306 e. The van der Waals surface area contributed by atoms with Crippen molar-refractivity contribution < 1.29 is 69.1 Å². The number of aliphatic hydroxyl groups excluding tert-OH is 5. The van der Waals surface area contributed by atoms with Crippen molar-refractivity contribution in [1.29, 1.82) is 0 Å². The fraction of sp³-hybridized carbons (Fsp3) is 0.889. The molecule has 1 fully saturated rings. The van der Waals surface area contributed by atoms with E-state index in [1.165, 1.54) is 0 Å². The molecule has 14 heteroatoms. The first-order chi connectivity index (χ1) is 23.7. The first kappa shape index (κ1) is 46.1. The molecule has 1 aliphatic heterocycles. The Kier molecular flexibility index (Phi) is 21.8. The highest BCUT2D eigenvalue weighted by Crippen LogP contribution is 2.45. The van der Waals surface area contributed by atoms with Crippen LogP contribution in [0.3, 0.4) is 0 Å². The average molecular weight is 721 g/mol. The summed E-state index contributed by atoms with van der Waals surface area (Å²) < 4.78 is 16.9. The molecule has 9 atom stereocenters. The maximum Gasteiger partial charge on any atom is 0.306 e. The highest BCUT2D eigenvalue weighted by molar-refractivity contribution is 6.01. The summed E-state index contributed by atoms with van der Waals surface area (Å²) in [6.45, 7) is 6.63. The zero-order chi connectivity index (χ0) is 37.9. The fourth-order valence-electron chi connectivity index (χ4n) is 6.14. The van der Waals surface area contributed by atoms with Gasteiger partial charge in [-0.15, -0.1) is 0 Å². The van der Waals surface area contributed by atoms with Crippen molar-refractivity contribution in [3.8, 4) is 0 Å². The molecule has 14 nitrogen and oxygen atoms in total. The van der Waals surface area contributed by atoms with Gasteiger partial charge in [-0.3, -0.25) is 19.2 Å². The van der Waals surface area contributed by atoms with Crippen LogP contribution in [0.1, 0.15) is 143 Å². The van der Waals surface area contributed by atoms with E-state index in [0.29, 0.717) is 51.4 Å². The second kappa shape index (κ2) is 23.6. The number of carbonyl (C=O) groups excluding carboxylic acids is 4. The first-order valence-electron chi connectivity index (χ1n) is 18.6. The summed E-state index contributed by atoms with van der Waals surface area (Å²) in [5.41, 5.74) is -6.72. The minimum atomic E-state index is -3.37. The summed E-state index contributed by atoms with van der Waals surface area (Å²) in [6.07, 6.45) is -8.90. The largest absolute Gasteiger partial charge is 0.453 e. The molecular weight excluding hydrogens is 656 g/mol. The third-order valence-corrected chi connectivity index (χ3v) is 9.33. The van der Waals surface area contributed by atoms with Crippen molar-refractivity contribution in [3.63, 3.8) is 0 Å². The summed E-state index contributed by atoms with van der Waals surface area (Å²) >= 11 is 0. The third-order valence-electron chi connectivity index (χ3n) is 9.33. The van der Waals surface area contributed by atoms with Gasteiger partial charge in [0.05, 0.1) is 6.61 Å². The zero-order valence-corrected chi connectivity index (χ0v) is 30.5. The Morgan fingerprint density at radius 1 is 0.660 bits per heavy atom. The van der Waals surface area contributed by atoms with Crippen molar-refractivity contribution in [3.05, 3.63) is 0 Å². The zero-order valence-electron chi connectivity index (χ0n) is 30.5. The number of unbranched alkanes of at least 4 members (excludes halogenated alkanes) is 10. The number of ketones is 3. The molecule has 50 heavy (non-hydrogen) atoms. The first-order valence-corrected chi connectivity index (χ1v) is 18.6. The predicted octanol–water partition coefficient (Wildman–Crippen LogP) is 2.30. The average Bonchev–Trinajstić information content (AvgIpc) is 3.10. The Labute approximate surface area is 296 Å². The van der Waals surface area contributed by atoms with Crippen LogP contribution in [0.15, 0.2) is 0 Å². The molecule has 1 saturated heterocycles. The topological polar surface area (TPSA) is 238 Å². The third kappa shape index (κ3) is 12.4. The quantitative estimate of drug-likeness (QED) is 0.0349. The van der Waals surface area contributed by atoms with Gasteiger partial charge in [-0.2, -0.15) is 0 Å². The van der Waals surface area contributed by atoms with Crippen LogP contribution in [0.4, 0.5) is 0 Å². The molecule has 0 aromatic heterocycles. The van der Waals surface area contributed by atoms with Gasteiger partial charge in [0.15, 0.2) is 35.3 Å². The second-order valence-corrected chi connectivity index (χ2v) is 13.4. The van der Waals surface area contributed by atoms with Crippen LogP contribution in [0.25, 0.3) is 0 Å². The van der Waals surface area contributed by atoms with E-state index in [0.717, 1.165) is 25.7 Å². The molecule has 1 rings (SSSR count). The monoisotopic (exact) mass is 720 g/mol. The van der Waals surface area contributed by atoms with E-state index >= 15 is 0 Å². The SMILES string of the molecule is CCCCCCCC(=O)O[C@@H]1[C@H](OC(O)[C@@H](O)[C@H](O)CO)O[C@H](C(O)C(=O)CCCCC)[C@](O)(C(=O)CCCCC)[C@@]1(O)C(=O)CCCCC. The predicted molar refractivity (Wildman–Crippen MR) is 181 cm³/mol. The van der Waals surface area contributed by atoms with Crippen molar-refractivity contribution >= 4 is 23.3 Å². The maximum absolute atomic E-state index is 14.2. The van der Waals surface area contributed by atoms with Gasteiger partial charge in [-0.1, -0.05) is 91.9 Å². The van der Waals surface area contributed by atoms with Gasteiger partial charge < -0.3 is 50.0 Å². The molecule has 0 saturated carbocycles. The Morgan fingerprint density at radius 2 is 1.12 bits per heavy atom. The van der Waals surface area contributed by atoms with Crippen molar-refractivity contribution in [2.24, 2.45) is 0 Å². The van der Waals surface area contributed by atoms with Crippen molar-refractivity contribution in [2.75, 3.05) is 6.61 Å². The summed E-state index contributed by atoms with van der Waals surface area (Å²) in [4.78, 5) is 54.9. The summed E-state index contributed by atoms with van der Waals surface area (Å²) in [5, 5.41) is 76.8. The Balaban J connectivity index is 3.93. The molecule has 0 bridgehead atoms. The van der Waals surface area contributed by atoms with Gasteiger partial charge >= 0.3 is 5.97 Å². The van der Waals surface area contributed by atoms with Gasteiger partial charge in [0.25, 0.3) is 0 Å². The minimum Gasteiger partial charge on any atom is -0.453 e. The van der Waals surface area contributed by atoms with E-state index in [4.69, 9.17) is 14.2 Å². The Hall–Kier alpha value is -1.88. The lowest BCUT2D eigenvalue weighted by Gasteiger charge is -2.55. The number of aliphatic hydroxyl groups is 7. The number of esters is 1.